The zero-order valence-corrected chi connectivity index (χ0v) is 13.8. The van der Waals surface area contributed by atoms with Crippen molar-refractivity contribution in [3.63, 3.8) is 0 Å². The highest BCUT2D eigenvalue weighted by Gasteiger charge is 2.34. The standard InChI is InChI=1S/C15H21N3O.2ClH/c1-10-6-14(4-5-16-10)18-15(19)9-11-7-12-2-3-13(8-11)17-12;;/h4-6,11-13,17H,2-3,7-9H2,1H3,(H,16,18,19);2*1H. The second-order valence-electron chi connectivity index (χ2n) is 5.91. The number of rotatable bonds is 3. The van der Waals surface area contributed by atoms with Gasteiger partial charge in [-0.05, 0) is 50.7 Å². The molecule has 0 spiro atoms. The van der Waals surface area contributed by atoms with E-state index in [1.807, 2.05) is 19.1 Å². The molecule has 0 saturated carbocycles. The zero-order valence-electron chi connectivity index (χ0n) is 12.2. The molecule has 118 valence electrons. The van der Waals surface area contributed by atoms with Crippen LogP contribution in [-0.4, -0.2) is 23.0 Å². The number of carbonyl (C=O) groups excluding carboxylic acids is 1. The van der Waals surface area contributed by atoms with Gasteiger partial charge in [-0.1, -0.05) is 0 Å². The Bertz CT molecular complexity index is 472. The Kier molecular flexibility index (Phi) is 6.91. The topological polar surface area (TPSA) is 54.0 Å². The van der Waals surface area contributed by atoms with Gasteiger partial charge in [0.1, 0.15) is 0 Å². The van der Waals surface area contributed by atoms with Crippen molar-refractivity contribution in [1.29, 1.82) is 0 Å². The van der Waals surface area contributed by atoms with E-state index in [0.717, 1.165) is 24.2 Å². The van der Waals surface area contributed by atoms with Crippen molar-refractivity contribution in [2.45, 2.75) is 51.1 Å². The molecule has 1 aromatic heterocycles. The molecule has 2 N–H and O–H groups in total. The summed E-state index contributed by atoms with van der Waals surface area (Å²) in [6.45, 7) is 1.93. The Balaban J connectivity index is 0.00000110. The van der Waals surface area contributed by atoms with E-state index in [2.05, 4.69) is 15.6 Å². The summed E-state index contributed by atoms with van der Waals surface area (Å²) >= 11 is 0. The summed E-state index contributed by atoms with van der Waals surface area (Å²) in [7, 11) is 0. The molecule has 2 fully saturated rings. The van der Waals surface area contributed by atoms with Crippen LogP contribution >= 0.6 is 24.8 Å². The third kappa shape index (κ3) is 4.83. The van der Waals surface area contributed by atoms with Crippen LogP contribution in [0, 0.1) is 12.8 Å². The quantitative estimate of drug-likeness (QED) is 0.894. The Morgan fingerprint density at radius 3 is 2.62 bits per heavy atom. The summed E-state index contributed by atoms with van der Waals surface area (Å²) in [5, 5.41) is 6.59. The first kappa shape index (κ1) is 18.2. The number of aryl methyl sites for hydroxylation is 1. The van der Waals surface area contributed by atoms with Crippen molar-refractivity contribution in [3.8, 4) is 0 Å². The number of piperidine rings is 1. The predicted molar refractivity (Wildman–Crippen MR) is 89.4 cm³/mol. The van der Waals surface area contributed by atoms with Crippen molar-refractivity contribution in [1.82, 2.24) is 10.3 Å². The molecule has 6 heteroatoms. The number of hydrogen-bond donors (Lipinski definition) is 2. The highest BCUT2D eigenvalue weighted by Crippen LogP contribution is 2.32. The maximum Gasteiger partial charge on any atom is 0.224 e. The molecular formula is C15H23Cl2N3O. The molecule has 2 unspecified atom stereocenters. The average Bonchev–Trinajstić information content (AvgIpc) is 2.68. The fourth-order valence-corrected chi connectivity index (χ4v) is 3.44. The fourth-order valence-electron chi connectivity index (χ4n) is 3.44. The van der Waals surface area contributed by atoms with Gasteiger partial charge in [-0.15, -0.1) is 24.8 Å². The van der Waals surface area contributed by atoms with E-state index in [4.69, 9.17) is 0 Å². The highest BCUT2D eigenvalue weighted by atomic mass is 35.5. The molecule has 3 rings (SSSR count). The molecule has 2 saturated heterocycles. The Morgan fingerprint density at radius 1 is 1.33 bits per heavy atom. The lowest BCUT2D eigenvalue weighted by Gasteiger charge is -2.28. The largest absolute Gasteiger partial charge is 0.326 e. The maximum absolute atomic E-state index is 12.1. The molecule has 2 bridgehead atoms. The molecule has 1 amide bonds. The van der Waals surface area contributed by atoms with Gasteiger partial charge in [-0.2, -0.15) is 0 Å². The van der Waals surface area contributed by atoms with Crippen molar-refractivity contribution in [3.05, 3.63) is 24.0 Å². The fraction of sp³-hybridized carbons (Fsp3) is 0.600. The summed E-state index contributed by atoms with van der Waals surface area (Å²) in [5.74, 6) is 0.679. The van der Waals surface area contributed by atoms with Gasteiger partial charge in [-0.3, -0.25) is 9.78 Å². The van der Waals surface area contributed by atoms with Gasteiger partial charge in [-0.25, -0.2) is 0 Å². The number of halogens is 2. The van der Waals surface area contributed by atoms with Gasteiger partial charge in [0.2, 0.25) is 5.91 Å². The van der Waals surface area contributed by atoms with Gasteiger partial charge >= 0.3 is 0 Å². The van der Waals surface area contributed by atoms with Crippen LogP contribution in [0.1, 0.15) is 37.8 Å². The van der Waals surface area contributed by atoms with Crippen LogP contribution in [0.15, 0.2) is 18.3 Å². The molecule has 0 aliphatic carbocycles. The number of fused-ring (bicyclic) bond motifs is 2. The predicted octanol–water partition coefficient (Wildman–Crippen LogP) is 3.09. The third-order valence-electron chi connectivity index (χ3n) is 4.23. The van der Waals surface area contributed by atoms with E-state index >= 15 is 0 Å². The third-order valence-corrected chi connectivity index (χ3v) is 4.23. The summed E-state index contributed by atoms with van der Waals surface area (Å²) in [6, 6.07) is 5.06. The first-order valence-corrected chi connectivity index (χ1v) is 7.17. The second-order valence-corrected chi connectivity index (χ2v) is 5.91. The van der Waals surface area contributed by atoms with Crippen LogP contribution in [-0.2, 0) is 4.79 Å². The van der Waals surface area contributed by atoms with Crippen LogP contribution in [0.5, 0.6) is 0 Å². The summed E-state index contributed by atoms with van der Waals surface area (Å²) < 4.78 is 0. The first-order valence-electron chi connectivity index (χ1n) is 7.17. The lowest BCUT2D eigenvalue weighted by molar-refractivity contribution is -0.117. The minimum Gasteiger partial charge on any atom is -0.326 e. The number of nitrogens with zero attached hydrogens (tertiary/aromatic N) is 1. The van der Waals surface area contributed by atoms with Crippen LogP contribution in [0.4, 0.5) is 5.69 Å². The lowest BCUT2D eigenvalue weighted by atomic mass is 9.89. The Hall–Kier alpha value is -0.840. The van der Waals surface area contributed by atoms with Crippen molar-refractivity contribution in [2.24, 2.45) is 5.92 Å². The molecule has 2 aliphatic rings. The molecule has 3 heterocycles. The Labute approximate surface area is 138 Å². The minimum atomic E-state index is 0. The van der Waals surface area contributed by atoms with E-state index in [9.17, 15) is 4.79 Å². The zero-order chi connectivity index (χ0) is 13.2. The van der Waals surface area contributed by atoms with E-state index in [-0.39, 0.29) is 30.7 Å². The second kappa shape index (κ2) is 7.97. The number of nitrogens with one attached hydrogen (secondary N) is 2. The molecule has 4 nitrogen and oxygen atoms in total. The molecule has 0 radical (unpaired) electrons. The number of aromatic nitrogens is 1. The van der Waals surface area contributed by atoms with Crippen molar-refractivity contribution >= 4 is 36.4 Å². The first-order chi connectivity index (χ1) is 9.19. The van der Waals surface area contributed by atoms with Gasteiger partial charge in [0.25, 0.3) is 0 Å². The number of hydrogen-bond acceptors (Lipinski definition) is 3. The molecule has 2 atom stereocenters. The maximum atomic E-state index is 12.1. The van der Waals surface area contributed by atoms with Crippen LogP contribution < -0.4 is 10.6 Å². The van der Waals surface area contributed by atoms with Crippen LogP contribution in [0.3, 0.4) is 0 Å². The summed E-state index contributed by atoms with van der Waals surface area (Å²) in [4.78, 5) is 16.2. The molecule has 0 aromatic carbocycles. The summed E-state index contributed by atoms with van der Waals surface area (Å²) in [6.07, 6.45) is 7.25. The molecular weight excluding hydrogens is 309 g/mol. The smallest absolute Gasteiger partial charge is 0.224 e. The van der Waals surface area contributed by atoms with Crippen molar-refractivity contribution in [2.75, 3.05) is 5.32 Å². The van der Waals surface area contributed by atoms with Gasteiger partial charge < -0.3 is 10.6 Å². The van der Waals surface area contributed by atoms with Gasteiger partial charge in [0.05, 0.1) is 0 Å². The molecule has 21 heavy (non-hydrogen) atoms. The van der Waals surface area contributed by atoms with Crippen LogP contribution in [0.2, 0.25) is 0 Å². The van der Waals surface area contributed by atoms with E-state index in [1.54, 1.807) is 6.20 Å². The number of carbonyl (C=O) groups is 1. The minimum absolute atomic E-state index is 0. The lowest BCUT2D eigenvalue weighted by Crippen LogP contribution is -2.39. The number of pyridine rings is 1. The van der Waals surface area contributed by atoms with E-state index < -0.39 is 0 Å². The number of amides is 1. The molecule has 2 aliphatic heterocycles. The van der Waals surface area contributed by atoms with Crippen molar-refractivity contribution < 1.29 is 4.79 Å². The van der Waals surface area contributed by atoms with E-state index in [0.29, 0.717) is 24.4 Å². The average molecular weight is 332 g/mol. The number of anilines is 1. The van der Waals surface area contributed by atoms with Gasteiger partial charge in [0.15, 0.2) is 0 Å². The SMILES string of the molecule is Cc1cc(NC(=O)CC2CC3CCC(C2)N3)ccn1.Cl.Cl. The Morgan fingerprint density at radius 2 is 2.00 bits per heavy atom. The van der Waals surface area contributed by atoms with E-state index in [1.165, 1.54) is 12.8 Å². The van der Waals surface area contributed by atoms with Crippen LogP contribution in [0.25, 0.3) is 0 Å². The highest BCUT2D eigenvalue weighted by molar-refractivity contribution is 5.90. The monoisotopic (exact) mass is 331 g/mol. The normalized spacial score (nSPS) is 26.4. The van der Waals surface area contributed by atoms with Gasteiger partial charge in [0, 0.05) is 36.1 Å². The summed E-state index contributed by atoms with van der Waals surface area (Å²) in [5.41, 5.74) is 1.78. The molecule has 1 aromatic rings.